The molecule has 0 atom stereocenters. The molecule has 0 aliphatic rings. The zero-order valence-corrected chi connectivity index (χ0v) is 17.5. The van der Waals surface area contributed by atoms with Gasteiger partial charge in [-0.25, -0.2) is 23.1 Å². The van der Waals surface area contributed by atoms with Crippen molar-refractivity contribution < 1.29 is 13.2 Å². The molecule has 4 rings (SSSR count). The van der Waals surface area contributed by atoms with Crippen molar-refractivity contribution in [1.82, 2.24) is 19.7 Å². The normalized spacial score (nSPS) is 11.1. The first-order chi connectivity index (χ1) is 15.0. The van der Waals surface area contributed by atoms with E-state index in [0.717, 1.165) is 5.69 Å². The van der Waals surface area contributed by atoms with Gasteiger partial charge in [-0.3, -0.25) is 4.72 Å². The fourth-order valence-electron chi connectivity index (χ4n) is 2.81. The Bertz CT molecular complexity index is 1240. The maximum absolute atomic E-state index is 12.6. The summed E-state index contributed by atoms with van der Waals surface area (Å²) in [4.78, 5) is 8.55. The van der Waals surface area contributed by atoms with Gasteiger partial charge in [-0.05, 0) is 61.5 Å². The first kappa shape index (κ1) is 20.4. The molecule has 0 fully saturated rings. The Kier molecular flexibility index (Phi) is 5.80. The minimum absolute atomic E-state index is 0.158. The van der Waals surface area contributed by atoms with Crippen LogP contribution in [0.1, 0.15) is 6.92 Å². The van der Waals surface area contributed by atoms with Crippen molar-refractivity contribution >= 4 is 27.2 Å². The molecule has 158 valence electrons. The average Bonchev–Trinajstić information content (AvgIpc) is 3.31. The Balaban J connectivity index is 1.44. The van der Waals surface area contributed by atoms with Crippen molar-refractivity contribution in [2.45, 2.75) is 11.8 Å². The largest absolute Gasteiger partial charge is 0.494 e. The number of benzene rings is 2. The second-order valence-corrected chi connectivity index (χ2v) is 8.11. The Morgan fingerprint density at radius 1 is 1.00 bits per heavy atom. The average molecular weight is 436 g/mol. The maximum atomic E-state index is 12.6. The fraction of sp³-hybridized carbons (Fsp3) is 0.0952. The summed E-state index contributed by atoms with van der Waals surface area (Å²) in [6, 6.07) is 16.7. The molecule has 4 aromatic rings. The lowest BCUT2D eigenvalue weighted by Crippen LogP contribution is -2.12. The highest BCUT2D eigenvalue weighted by atomic mass is 32.2. The minimum Gasteiger partial charge on any atom is -0.494 e. The number of nitrogens with one attached hydrogen (secondary N) is 2. The highest BCUT2D eigenvalue weighted by Gasteiger charge is 2.14. The molecule has 0 saturated carbocycles. The Morgan fingerprint density at radius 3 is 2.42 bits per heavy atom. The fourth-order valence-corrected chi connectivity index (χ4v) is 3.87. The molecule has 0 radical (unpaired) electrons. The Hall–Kier alpha value is -3.92. The van der Waals surface area contributed by atoms with Crippen LogP contribution in [0.2, 0.25) is 0 Å². The summed E-state index contributed by atoms with van der Waals surface area (Å²) in [6.07, 6.45) is 4.90. The van der Waals surface area contributed by atoms with Crippen molar-refractivity contribution in [3.8, 4) is 11.6 Å². The van der Waals surface area contributed by atoms with Crippen LogP contribution in [-0.4, -0.2) is 34.8 Å². The number of nitrogens with zero attached hydrogens (tertiary/aromatic N) is 4. The predicted molar refractivity (Wildman–Crippen MR) is 117 cm³/mol. The molecule has 0 aliphatic heterocycles. The van der Waals surface area contributed by atoms with E-state index in [1.165, 1.54) is 18.5 Å². The van der Waals surface area contributed by atoms with Crippen LogP contribution in [0.15, 0.2) is 84.3 Å². The smallest absolute Gasteiger partial charge is 0.261 e. The quantitative estimate of drug-likeness (QED) is 0.434. The second kappa shape index (κ2) is 8.84. The van der Waals surface area contributed by atoms with E-state index < -0.39 is 10.0 Å². The van der Waals surface area contributed by atoms with Gasteiger partial charge in [-0.2, -0.15) is 5.10 Å². The summed E-state index contributed by atoms with van der Waals surface area (Å²) >= 11 is 0. The third-order valence-electron chi connectivity index (χ3n) is 4.25. The lowest BCUT2D eigenvalue weighted by atomic mass is 10.3. The Labute approximate surface area is 179 Å². The van der Waals surface area contributed by atoms with Crippen LogP contribution in [-0.2, 0) is 10.0 Å². The van der Waals surface area contributed by atoms with Gasteiger partial charge < -0.3 is 10.1 Å². The van der Waals surface area contributed by atoms with E-state index in [0.29, 0.717) is 29.7 Å². The van der Waals surface area contributed by atoms with E-state index in [1.807, 2.05) is 13.0 Å². The molecule has 0 aliphatic carbocycles. The molecular formula is C21H20N6O3S. The molecule has 10 heteroatoms. The van der Waals surface area contributed by atoms with Gasteiger partial charge >= 0.3 is 0 Å². The van der Waals surface area contributed by atoms with E-state index in [1.54, 1.807) is 59.5 Å². The lowest BCUT2D eigenvalue weighted by Gasteiger charge is -2.11. The van der Waals surface area contributed by atoms with Crippen molar-refractivity contribution in [1.29, 1.82) is 0 Å². The molecule has 2 aromatic heterocycles. The van der Waals surface area contributed by atoms with Gasteiger partial charge in [0.1, 0.15) is 17.9 Å². The van der Waals surface area contributed by atoms with Gasteiger partial charge in [0.2, 0.25) is 0 Å². The molecule has 2 heterocycles. The third kappa shape index (κ3) is 4.98. The number of rotatable bonds is 8. The number of sulfonamides is 1. The van der Waals surface area contributed by atoms with Crippen LogP contribution in [0.3, 0.4) is 0 Å². The molecule has 0 amide bonds. The predicted octanol–water partition coefficient (Wildman–Crippen LogP) is 3.61. The lowest BCUT2D eigenvalue weighted by molar-refractivity contribution is 0.340. The van der Waals surface area contributed by atoms with Gasteiger partial charge in [0.15, 0.2) is 5.82 Å². The van der Waals surface area contributed by atoms with Gasteiger partial charge in [0.05, 0.1) is 11.5 Å². The van der Waals surface area contributed by atoms with Crippen molar-refractivity contribution in [3.63, 3.8) is 0 Å². The minimum atomic E-state index is -3.70. The van der Waals surface area contributed by atoms with E-state index in [-0.39, 0.29) is 4.90 Å². The molecule has 2 N–H and O–H groups in total. The van der Waals surface area contributed by atoms with Crippen LogP contribution in [0.25, 0.3) is 5.82 Å². The van der Waals surface area contributed by atoms with Gasteiger partial charge in [-0.15, -0.1) is 0 Å². The highest BCUT2D eigenvalue weighted by molar-refractivity contribution is 7.92. The molecule has 9 nitrogen and oxygen atoms in total. The number of hydrogen-bond donors (Lipinski definition) is 2. The van der Waals surface area contributed by atoms with Crippen LogP contribution in [0.5, 0.6) is 5.75 Å². The molecule has 0 unspecified atom stereocenters. The number of ether oxygens (including phenoxy) is 1. The summed E-state index contributed by atoms with van der Waals surface area (Å²) in [7, 11) is -3.70. The van der Waals surface area contributed by atoms with Crippen molar-refractivity contribution in [2.75, 3.05) is 16.6 Å². The number of anilines is 3. The number of hydrogen-bond acceptors (Lipinski definition) is 7. The van der Waals surface area contributed by atoms with E-state index in [4.69, 9.17) is 4.74 Å². The summed E-state index contributed by atoms with van der Waals surface area (Å²) in [5, 5.41) is 7.31. The number of aromatic nitrogens is 4. The monoisotopic (exact) mass is 436 g/mol. The summed E-state index contributed by atoms with van der Waals surface area (Å²) < 4.78 is 34.8. The van der Waals surface area contributed by atoms with E-state index >= 15 is 0 Å². The summed E-state index contributed by atoms with van der Waals surface area (Å²) in [6.45, 7) is 2.39. The van der Waals surface area contributed by atoms with Gasteiger partial charge in [0.25, 0.3) is 10.0 Å². The zero-order valence-electron chi connectivity index (χ0n) is 16.6. The standard InChI is InChI=1S/C21H20N6O3S/c1-2-30-18-8-10-19(11-9-18)31(28,29)26-17-6-4-16(5-7-17)25-20-14-21(23-15-22-20)27-13-3-12-24-27/h3-15,26H,2H2,1H3,(H,22,23,25). The molecule has 0 spiro atoms. The molecule has 31 heavy (non-hydrogen) atoms. The van der Waals surface area contributed by atoms with E-state index in [2.05, 4.69) is 25.1 Å². The summed E-state index contributed by atoms with van der Waals surface area (Å²) in [5.41, 5.74) is 1.19. The van der Waals surface area contributed by atoms with Crippen LogP contribution in [0.4, 0.5) is 17.2 Å². The second-order valence-electron chi connectivity index (χ2n) is 6.42. The first-order valence-electron chi connectivity index (χ1n) is 9.48. The van der Waals surface area contributed by atoms with Crippen LogP contribution in [0, 0.1) is 0 Å². The van der Waals surface area contributed by atoms with Crippen LogP contribution >= 0.6 is 0 Å². The topological polar surface area (TPSA) is 111 Å². The van der Waals surface area contributed by atoms with Crippen molar-refractivity contribution in [3.05, 3.63) is 79.4 Å². The highest BCUT2D eigenvalue weighted by Crippen LogP contribution is 2.22. The first-order valence-corrected chi connectivity index (χ1v) is 11.0. The molecule has 0 bridgehead atoms. The summed E-state index contributed by atoms with van der Waals surface area (Å²) in [5.74, 6) is 1.84. The van der Waals surface area contributed by atoms with Gasteiger partial charge in [0, 0.05) is 29.8 Å². The van der Waals surface area contributed by atoms with Crippen LogP contribution < -0.4 is 14.8 Å². The third-order valence-corrected chi connectivity index (χ3v) is 5.64. The zero-order chi connectivity index (χ0) is 21.7. The maximum Gasteiger partial charge on any atom is 0.261 e. The van der Waals surface area contributed by atoms with Gasteiger partial charge in [-0.1, -0.05) is 0 Å². The molecular weight excluding hydrogens is 416 g/mol. The Morgan fingerprint density at radius 2 is 1.74 bits per heavy atom. The van der Waals surface area contributed by atoms with E-state index in [9.17, 15) is 8.42 Å². The SMILES string of the molecule is CCOc1ccc(S(=O)(=O)Nc2ccc(Nc3cc(-n4cccn4)ncn3)cc2)cc1. The molecule has 0 saturated heterocycles. The molecule has 2 aromatic carbocycles. The van der Waals surface area contributed by atoms with Crippen molar-refractivity contribution in [2.24, 2.45) is 0 Å².